The Hall–Kier alpha value is -2.56. The van der Waals surface area contributed by atoms with Crippen LogP contribution < -0.4 is 10.1 Å². The van der Waals surface area contributed by atoms with Crippen LogP contribution in [0.15, 0.2) is 42.7 Å². The smallest absolute Gasteiger partial charge is 0.255 e. The standard InChI is InChI=1S/C21H27N3O2/c1-15(2)26-20-6-4-18(5-7-20)23-19-12-17(13-22-14-19)21(25)24-10-8-16(3)9-11-24/h4-7,12-16,23H,8-11H2,1-3H3. The van der Waals surface area contributed by atoms with Crippen molar-refractivity contribution >= 4 is 17.3 Å². The fourth-order valence-electron chi connectivity index (χ4n) is 3.08. The number of ether oxygens (including phenoxy) is 1. The Morgan fingerprint density at radius 3 is 2.50 bits per heavy atom. The van der Waals surface area contributed by atoms with Crippen molar-refractivity contribution in [3.8, 4) is 5.75 Å². The predicted octanol–water partition coefficient (Wildman–Crippen LogP) is 4.48. The van der Waals surface area contributed by atoms with Crippen LogP contribution in [0.2, 0.25) is 0 Å². The topological polar surface area (TPSA) is 54.5 Å². The van der Waals surface area contributed by atoms with Crippen LogP contribution in [0.25, 0.3) is 0 Å². The third-order valence-electron chi connectivity index (χ3n) is 4.57. The molecule has 1 fully saturated rings. The van der Waals surface area contributed by atoms with Crippen LogP contribution in [0.3, 0.4) is 0 Å². The van der Waals surface area contributed by atoms with Gasteiger partial charge in [-0.05, 0) is 62.9 Å². The summed E-state index contributed by atoms with van der Waals surface area (Å²) in [6.07, 6.45) is 5.67. The van der Waals surface area contributed by atoms with E-state index in [0.717, 1.165) is 43.1 Å². The fraction of sp³-hybridized carbons (Fsp3) is 0.429. The summed E-state index contributed by atoms with van der Waals surface area (Å²) in [5, 5.41) is 3.30. The molecule has 0 saturated carbocycles. The van der Waals surface area contributed by atoms with Gasteiger partial charge in [0, 0.05) is 25.0 Å². The summed E-state index contributed by atoms with van der Waals surface area (Å²) in [7, 11) is 0. The zero-order chi connectivity index (χ0) is 18.5. The van der Waals surface area contributed by atoms with Gasteiger partial charge >= 0.3 is 0 Å². The highest BCUT2D eigenvalue weighted by molar-refractivity contribution is 5.95. The summed E-state index contributed by atoms with van der Waals surface area (Å²) in [6, 6.07) is 9.64. The number of pyridine rings is 1. The Labute approximate surface area is 155 Å². The van der Waals surface area contributed by atoms with Gasteiger partial charge in [0.25, 0.3) is 5.91 Å². The molecule has 0 aliphatic carbocycles. The summed E-state index contributed by atoms with van der Waals surface area (Å²) in [4.78, 5) is 18.9. The fourth-order valence-corrected chi connectivity index (χ4v) is 3.08. The molecule has 1 aromatic carbocycles. The highest BCUT2D eigenvalue weighted by Gasteiger charge is 2.21. The SMILES string of the molecule is CC1CCN(C(=O)c2cncc(Nc3ccc(OC(C)C)cc3)c2)CC1. The zero-order valence-electron chi connectivity index (χ0n) is 15.7. The summed E-state index contributed by atoms with van der Waals surface area (Å²) in [5.74, 6) is 1.61. The van der Waals surface area contributed by atoms with E-state index in [2.05, 4.69) is 17.2 Å². The Kier molecular flexibility index (Phi) is 5.76. The molecule has 5 nitrogen and oxygen atoms in total. The van der Waals surface area contributed by atoms with Crippen LogP contribution in [0, 0.1) is 5.92 Å². The number of piperidine rings is 1. The molecule has 2 heterocycles. The lowest BCUT2D eigenvalue weighted by Gasteiger charge is -2.30. The van der Waals surface area contributed by atoms with Crippen molar-refractivity contribution in [2.24, 2.45) is 5.92 Å². The molecular formula is C21H27N3O2. The molecule has 0 bridgehead atoms. The summed E-state index contributed by atoms with van der Waals surface area (Å²) < 4.78 is 5.65. The van der Waals surface area contributed by atoms with Crippen LogP contribution in [0.1, 0.15) is 44.0 Å². The van der Waals surface area contributed by atoms with Gasteiger partial charge in [-0.15, -0.1) is 0 Å². The molecule has 1 amide bonds. The number of carbonyl (C=O) groups is 1. The van der Waals surface area contributed by atoms with Crippen molar-refractivity contribution < 1.29 is 9.53 Å². The van der Waals surface area contributed by atoms with E-state index in [1.165, 1.54) is 0 Å². The Bertz CT molecular complexity index is 735. The highest BCUT2D eigenvalue weighted by Crippen LogP contribution is 2.22. The molecule has 1 aliphatic heterocycles. The second kappa shape index (κ2) is 8.21. The van der Waals surface area contributed by atoms with Crippen molar-refractivity contribution in [2.75, 3.05) is 18.4 Å². The number of nitrogens with zero attached hydrogens (tertiary/aromatic N) is 2. The highest BCUT2D eigenvalue weighted by atomic mass is 16.5. The predicted molar refractivity (Wildman–Crippen MR) is 104 cm³/mol. The minimum atomic E-state index is 0.0636. The molecule has 1 aliphatic rings. The number of anilines is 2. The second-order valence-corrected chi connectivity index (χ2v) is 7.25. The van der Waals surface area contributed by atoms with Gasteiger partial charge in [0.15, 0.2) is 0 Å². The van der Waals surface area contributed by atoms with Crippen molar-refractivity contribution in [1.82, 2.24) is 9.88 Å². The van der Waals surface area contributed by atoms with Crippen LogP contribution in [-0.4, -0.2) is 35.0 Å². The largest absolute Gasteiger partial charge is 0.491 e. The molecule has 0 radical (unpaired) electrons. The van der Waals surface area contributed by atoms with Crippen LogP contribution >= 0.6 is 0 Å². The lowest BCUT2D eigenvalue weighted by atomic mass is 9.99. The van der Waals surface area contributed by atoms with E-state index in [0.29, 0.717) is 11.5 Å². The van der Waals surface area contributed by atoms with Gasteiger partial charge in [-0.1, -0.05) is 6.92 Å². The number of rotatable bonds is 5. The lowest BCUT2D eigenvalue weighted by molar-refractivity contribution is 0.0697. The zero-order valence-corrected chi connectivity index (χ0v) is 15.7. The Morgan fingerprint density at radius 2 is 1.85 bits per heavy atom. The summed E-state index contributed by atoms with van der Waals surface area (Å²) in [5.41, 5.74) is 2.36. The van der Waals surface area contributed by atoms with Gasteiger partial charge in [-0.3, -0.25) is 9.78 Å². The number of hydrogen-bond acceptors (Lipinski definition) is 4. The van der Waals surface area contributed by atoms with Gasteiger partial charge < -0.3 is 15.0 Å². The molecular weight excluding hydrogens is 326 g/mol. The van der Waals surface area contributed by atoms with E-state index >= 15 is 0 Å². The van der Waals surface area contributed by atoms with Crippen LogP contribution in [0.5, 0.6) is 5.75 Å². The summed E-state index contributed by atoms with van der Waals surface area (Å²) >= 11 is 0. The molecule has 1 aromatic heterocycles. The van der Waals surface area contributed by atoms with E-state index in [-0.39, 0.29) is 12.0 Å². The molecule has 1 N–H and O–H groups in total. The van der Waals surface area contributed by atoms with Gasteiger partial charge in [-0.25, -0.2) is 0 Å². The minimum absolute atomic E-state index is 0.0636. The van der Waals surface area contributed by atoms with Gasteiger partial charge in [0.1, 0.15) is 5.75 Å². The maximum Gasteiger partial charge on any atom is 0.255 e. The average Bonchev–Trinajstić information content (AvgIpc) is 2.63. The molecule has 26 heavy (non-hydrogen) atoms. The van der Waals surface area contributed by atoms with E-state index < -0.39 is 0 Å². The molecule has 1 saturated heterocycles. The van der Waals surface area contributed by atoms with Crippen molar-refractivity contribution in [1.29, 1.82) is 0 Å². The van der Waals surface area contributed by atoms with E-state index in [1.807, 2.05) is 49.1 Å². The van der Waals surface area contributed by atoms with Gasteiger partial charge in [0.05, 0.1) is 23.6 Å². The van der Waals surface area contributed by atoms with Crippen molar-refractivity contribution in [3.63, 3.8) is 0 Å². The van der Waals surface area contributed by atoms with Crippen LogP contribution in [0.4, 0.5) is 11.4 Å². The average molecular weight is 353 g/mol. The number of likely N-dealkylation sites (tertiary alicyclic amines) is 1. The van der Waals surface area contributed by atoms with Crippen LogP contribution in [-0.2, 0) is 0 Å². The molecule has 0 atom stereocenters. The number of benzene rings is 1. The molecule has 3 rings (SSSR count). The quantitative estimate of drug-likeness (QED) is 0.861. The number of nitrogens with one attached hydrogen (secondary N) is 1. The van der Waals surface area contributed by atoms with E-state index in [1.54, 1.807) is 12.4 Å². The first-order chi connectivity index (χ1) is 12.5. The third kappa shape index (κ3) is 4.75. The van der Waals surface area contributed by atoms with Crippen molar-refractivity contribution in [2.45, 2.75) is 39.7 Å². The van der Waals surface area contributed by atoms with Gasteiger partial charge in [0.2, 0.25) is 0 Å². The number of amides is 1. The van der Waals surface area contributed by atoms with E-state index in [9.17, 15) is 4.79 Å². The van der Waals surface area contributed by atoms with E-state index in [4.69, 9.17) is 4.74 Å². The monoisotopic (exact) mass is 353 g/mol. The first-order valence-electron chi connectivity index (χ1n) is 9.29. The first kappa shape index (κ1) is 18.2. The first-order valence-corrected chi connectivity index (χ1v) is 9.29. The minimum Gasteiger partial charge on any atom is -0.491 e. The maximum absolute atomic E-state index is 12.7. The third-order valence-corrected chi connectivity index (χ3v) is 4.57. The number of carbonyl (C=O) groups excluding carboxylic acids is 1. The molecule has 138 valence electrons. The van der Waals surface area contributed by atoms with Gasteiger partial charge in [-0.2, -0.15) is 0 Å². The number of aromatic nitrogens is 1. The molecule has 2 aromatic rings. The van der Waals surface area contributed by atoms with Crippen molar-refractivity contribution in [3.05, 3.63) is 48.3 Å². The summed E-state index contributed by atoms with van der Waals surface area (Å²) in [6.45, 7) is 7.90. The normalized spacial score (nSPS) is 15.2. The Balaban J connectivity index is 1.66. The lowest BCUT2D eigenvalue weighted by Crippen LogP contribution is -2.37. The Morgan fingerprint density at radius 1 is 1.15 bits per heavy atom. The molecule has 0 spiro atoms. The second-order valence-electron chi connectivity index (χ2n) is 7.25. The molecule has 5 heteroatoms. The molecule has 0 unspecified atom stereocenters. The maximum atomic E-state index is 12.7. The number of hydrogen-bond donors (Lipinski definition) is 1.